The van der Waals surface area contributed by atoms with Gasteiger partial charge in [0, 0.05) is 11.6 Å². The first-order chi connectivity index (χ1) is 8.25. The molecule has 0 spiro atoms. The summed E-state index contributed by atoms with van der Waals surface area (Å²) in [6.45, 7) is 0.867. The van der Waals surface area contributed by atoms with E-state index < -0.39 is 11.4 Å². The Labute approximate surface area is 97.1 Å². The minimum Gasteiger partial charge on any atom is -0.486 e. The predicted octanol–water partition coefficient (Wildman–Crippen LogP) is 1.92. The molecule has 1 aromatic rings. The van der Waals surface area contributed by atoms with Gasteiger partial charge in [-0.15, -0.1) is 0 Å². The molecule has 1 aromatic carbocycles. The van der Waals surface area contributed by atoms with E-state index in [1.807, 2.05) is 0 Å². The van der Waals surface area contributed by atoms with Crippen LogP contribution in [0.15, 0.2) is 17.1 Å². The molecule has 0 aromatic heterocycles. The monoisotopic (exact) mass is 235 g/mol. The van der Waals surface area contributed by atoms with Gasteiger partial charge < -0.3 is 9.47 Å². The Kier molecular flexibility index (Phi) is 2.16. The molecule has 0 saturated heterocycles. The largest absolute Gasteiger partial charge is 0.486 e. The first-order valence-corrected chi connectivity index (χ1v) is 5.44. The molecule has 1 heterocycles. The van der Waals surface area contributed by atoms with Gasteiger partial charge in [-0.2, -0.15) is 4.99 Å². The van der Waals surface area contributed by atoms with E-state index in [4.69, 9.17) is 9.47 Å². The van der Waals surface area contributed by atoms with Crippen molar-refractivity contribution in [2.45, 2.75) is 18.4 Å². The molecule has 0 radical (unpaired) electrons. The summed E-state index contributed by atoms with van der Waals surface area (Å²) >= 11 is 0. The van der Waals surface area contributed by atoms with E-state index in [1.165, 1.54) is 12.1 Å². The predicted molar refractivity (Wildman–Crippen MR) is 56.4 cm³/mol. The highest BCUT2D eigenvalue weighted by atomic mass is 19.1. The van der Waals surface area contributed by atoms with Crippen molar-refractivity contribution in [3.8, 4) is 11.5 Å². The Morgan fingerprint density at radius 3 is 2.47 bits per heavy atom. The Morgan fingerprint density at radius 1 is 1.24 bits per heavy atom. The van der Waals surface area contributed by atoms with Gasteiger partial charge in [-0.3, -0.25) is 0 Å². The van der Waals surface area contributed by atoms with E-state index in [9.17, 15) is 9.18 Å². The van der Waals surface area contributed by atoms with Crippen LogP contribution in [0, 0.1) is 5.82 Å². The van der Waals surface area contributed by atoms with Crippen molar-refractivity contribution in [2.24, 2.45) is 4.99 Å². The van der Waals surface area contributed by atoms with Gasteiger partial charge in [0.1, 0.15) is 24.6 Å². The summed E-state index contributed by atoms with van der Waals surface area (Å²) in [6.07, 6.45) is 2.84. The Bertz CT molecular complexity index is 519. The lowest BCUT2D eigenvalue weighted by atomic mass is 10.0. The zero-order chi connectivity index (χ0) is 11.9. The molecule has 1 saturated carbocycles. The van der Waals surface area contributed by atoms with Crippen molar-refractivity contribution in [3.05, 3.63) is 23.5 Å². The van der Waals surface area contributed by atoms with Crippen LogP contribution in [0.25, 0.3) is 0 Å². The average molecular weight is 235 g/mol. The van der Waals surface area contributed by atoms with E-state index in [0.29, 0.717) is 43.1 Å². The van der Waals surface area contributed by atoms with Crippen LogP contribution in [0.4, 0.5) is 4.39 Å². The van der Waals surface area contributed by atoms with E-state index in [-0.39, 0.29) is 0 Å². The number of nitrogens with zero attached hydrogens (tertiary/aromatic N) is 1. The van der Waals surface area contributed by atoms with Crippen molar-refractivity contribution in [2.75, 3.05) is 13.2 Å². The van der Waals surface area contributed by atoms with Crippen molar-refractivity contribution in [1.29, 1.82) is 0 Å². The second-order valence-electron chi connectivity index (χ2n) is 4.21. The fraction of sp³-hybridized carbons (Fsp3) is 0.417. The maximum absolute atomic E-state index is 13.9. The Balaban J connectivity index is 2.08. The van der Waals surface area contributed by atoms with Crippen molar-refractivity contribution < 1.29 is 18.7 Å². The number of fused-ring (bicyclic) bond motifs is 1. The standard InChI is InChI=1S/C12H10FNO3/c13-9-6-11-10(16-3-4-17-11)5-8(9)12(1-2-12)14-7-15/h5-6H,1-4H2. The second kappa shape index (κ2) is 3.57. The summed E-state index contributed by atoms with van der Waals surface area (Å²) in [5.41, 5.74) is -0.327. The molecule has 4 nitrogen and oxygen atoms in total. The van der Waals surface area contributed by atoms with Crippen molar-refractivity contribution in [1.82, 2.24) is 0 Å². The summed E-state index contributed by atoms with van der Waals surface area (Å²) < 4.78 is 24.6. The van der Waals surface area contributed by atoms with Crippen molar-refractivity contribution in [3.63, 3.8) is 0 Å². The lowest BCUT2D eigenvalue weighted by molar-refractivity contribution is 0.170. The number of rotatable bonds is 2. The SMILES string of the molecule is O=C=NC1(c2cc3c(cc2F)OCCO3)CC1. The number of aliphatic imine (C=N–C) groups is 1. The minimum absolute atomic E-state index is 0.394. The summed E-state index contributed by atoms with van der Waals surface area (Å²) in [5, 5.41) is 0. The molecule has 0 atom stereocenters. The van der Waals surface area contributed by atoms with Gasteiger partial charge in [-0.1, -0.05) is 0 Å². The average Bonchev–Trinajstić information content (AvgIpc) is 3.09. The third kappa shape index (κ3) is 1.59. The third-order valence-corrected chi connectivity index (χ3v) is 3.12. The molecule has 5 heteroatoms. The summed E-state index contributed by atoms with van der Waals surface area (Å²) in [5.74, 6) is 0.508. The van der Waals surface area contributed by atoms with Gasteiger partial charge in [0.2, 0.25) is 6.08 Å². The molecular weight excluding hydrogens is 225 g/mol. The van der Waals surface area contributed by atoms with Gasteiger partial charge >= 0.3 is 0 Å². The molecular formula is C12H10FNO3. The number of isocyanates is 1. The van der Waals surface area contributed by atoms with Gasteiger partial charge in [0.25, 0.3) is 0 Å². The van der Waals surface area contributed by atoms with Crippen LogP contribution in [-0.2, 0) is 10.3 Å². The smallest absolute Gasteiger partial charge is 0.235 e. The molecule has 3 rings (SSSR count). The van der Waals surface area contributed by atoms with Crippen LogP contribution >= 0.6 is 0 Å². The Morgan fingerprint density at radius 2 is 1.88 bits per heavy atom. The van der Waals surface area contributed by atoms with Gasteiger partial charge in [0.15, 0.2) is 11.5 Å². The molecule has 88 valence electrons. The molecule has 0 amide bonds. The number of halogens is 1. The lowest BCUT2D eigenvalue weighted by Gasteiger charge is -2.20. The number of ether oxygens (including phenoxy) is 2. The lowest BCUT2D eigenvalue weighted by Crippen LogP contribution is -2.17. The van der Waals surface area contributed by atoms with Gasteiger partial charge in [0.05, 0.1) is 0 Å². The quantitative estimate of drug-likeness (QED) is 0.581. The Hall–Kier alpha value is -1.87. The minimum atomic E-state index is -0.721. The molecule has 0 unspecified atom stereocenters. The number of hydrogen-bond donors (Lipinski definition) is 0. The zero-order valence-electron chi connectivity index (χ0n) is 9.03. The zero-order valence-corrected chi connectivity index (χ0v) is 9.03. The number of hydrogen-bond acceptors (Lipinski definition) is 4. The third-order valence-electron chi connectivity index (χ3n) is 3.12. The van der Waals surface area contributed by atoms with E-state index >= 15 is 0 Å². The van der Waals surface area contributed by atoms with E-state index in [1.54, 1.807) is 6.07 Å². The van der Waals surface area contributed by atoms with Crippen molar-refractivity contribution >= 4 is 6.08 Å². The highest BCUT2D eigenvalue weighted by Gasteiger charge is 2.47. The molecule has 2 aliphatic rings. The molecule has 17 heavy (non-hydrogen) atoms. The van der Waals surface area contributed by atoms with Crippen LogP contribution in [0.5, 0.6) is 11.5 Å². The second-order valence-corrected chi connectivity index (χ2v) is 4.21. The highest BCUT2D eigenvalue weighted by Crippen LogP contribution is 2.52. The summed E-state index contributed by atoms with van der Waals surface area (Å²) in [7, 11) is 0. The first kappa shape index (κ1) is 10.3. The molecule has 1 aliphatic heterocycles. The normalized spacial score (nSPS) is 19.4. The van der Waals surface area contributed by atoms with Gasteiger partial charge in [-0.05, 0) is 18.9 Å². The highest BCUT2D eigenvalue weighted by molar-refractivity contribution is 5.50. The summed E-state index contributed by atoms with van der Waals surface area (Å²) in [6, 6.07) is 2.88. The molecule has 1 fully saturated rings. The fourth-order valence-corrected chi connectivity index (χ4v) is 2.07. The van der Waals surface area contributed by atoms with E-state index in [0.717, 1.165) is 0 Å². The fourth-order valence-electron chi connectivity index (χ4n) is 2.07. The summed E-state index contributed by atoms with van der Waals surface area (Å²) in [4.78, 5) is 14.1. The molecule has 0 bridgehead atoms. The van der Waals surface area contributed by atoms with E-state index in [2.05, 4.69) is 4.99 Å². The first-order valence-electron chi connectivity index (χ1n) is 5.44. The molecule has 1 aliphatic carbocycles. The maximum atomic E-state index is 13.9. The van der Waals surface area contributed by atoms with Crippen LogP contribution in [0.3, 0.4) is 0 Å². The van der Waals surface area contributed by atoms with Crippen LogP contribution in [0.2, 0.25) is 0 Å². The van der Waals surface area contributed by atoms with Crippen LogP contribution in [0.1, 0.15) is 18.4 Å². The molecule has 0 N–H and O–H groups in total. The van der Waals surface area contributed by atoms with Gasteiger partial charge in [-0.25, -0.2) is 9.18 Å². The topological polar surface area (TPSA) is 47.9 Å². The van der Waals surface area contributed by atoms with Crippen LogP contribution in [-0.4, -0.2) is 19.3 Å². The number of carbonyl (C=O) groups excluding carboxylic acids is 1. The maximum Gasteiger partial charge on any atom is 0.235 e. The van der Waals surface area contributed by atoms with Crippen LogP contribution < -0.4 is 9.47 Å². The number of benzene rings is 1.